The molecule has 1 unspecified atom stereocenters. The maximum Gasteiger partial charge on any atom is 0.423 e. The average Bonchev–Trinajstić information content (AvgIpc) is 2.75. The molecule has 0 aromatic heterocycles. The van der Waals surface area contributed by atoms with Crippen molar-refractivity contribution in [1.29, 1.82) is 0 Å². The third kappa shape index (κ3) is 5.77. The summed E-state index contributed by atoms with van der Waals surface area (Å²) >= 11 is 0. The zero-order valence-corrected chi connectivity index (χ0v) is 16.9. The van der Waals surface area contributed by atoms with E-state index in [1.165, 1.54) is 24.3 Å². The van der Waals surface area contributed by atoms with E-state index in [0.717, 1.165) is 0 Å². The number of aliphatic hydroxyl groups is 1. The molecular weight excluding hydrogens is 409 g/mol. The minimum Gasteiger partial charge on any atom is -0.494 e. The van der Waals surface area contributed by atoms with E-state index < -0.39 is 18.4 Å². The van der Waals surface area contributed by atoms with Crippen LogP contribution in [0.15, 0.2) is 78.9 Å². The molecule has 164 valence electrons. The fraction of sp³-hybridized carbons (Fsp3) is 0.250. The SMILES string of the molecule is CCOc1ccc(C(O)(COCc2cccc(Oc3ccccc3)c2)C(F)(F)F)cc1. The van der Waals surface area contributed by atoms with E-state index in [1.807, 2.05) is 18.2 Å². The van der Waals surface area contributed by atoms with Gasteiger partial charge in [-0.2, -0.15) is 13.2 Å². The fourth-order valence-corrected chi connectivity index (χ4v) is 2.96. The van der Waals surface area contributed by atoms with Crippen LogP contribution in [-0.4, -0.2) is 24.5 Å². The molecule has 0 amide bonds. The van der Waals surface area contributed by atoms with Crippen molar-refractivity contribution in [2.24, 2.45) is 0 Å². The second-order valence-electron chi connectivity index (χ2n) is 6.87. The van der Waals surface area contributed by atoms with Crippen molar-refractivity contribution in [2.75, 3.05) is 13.2 Å². The van der Waals surface area contributed by atoms with E-state index in [0.29, 0.717) is 29.4 Å². The monoisotopic (exact) mass is 432 g/mol. The smallest absolute Gasteiger partial charge is 0.423 e. The van der Waals surface area contributed by atoms with Crippen molar-refractivity contribution in [3.8, 4) is 17.2 Å². The highest BCUT2D eigenvalue weighted by atomic mass is 19.4. The molecule has 3 aromatic rings. The summed E-state index contributed by atoms with van der Waals surface area (Å²) in [6.07, 6.45) is -4.92. The summed E-state index contributed by atoms with van der Waals surface area (Å²) in [7, 11) is 0. The molecule has 7 heteroatoms. The van der Waals surface area contributed by atoms with E-state index in [-0.39, 0.29) is 12.2 Å². The molecule has 31 heavy (non-hydrogen) atoms. The topological polar surface area (TPSA) is 47.9 Å². The minimum absolute atomic E-state index is 0.124. The van der Waals surface area contributed by atoms with Crippen molar-refractivity contribution in [3.05, 3.63) is 90.0 Å². The Bertz CT molecular complexity index is 959. The number of hydrogen-bond acceptors (Lipinski definition) is 4. The van der Waals surface area contributed by atoms with Gasteiger partial charge in [-0.15, -0.1) is 0 Å². The number of ether oxygens (including phenoxy) is 3. The molecule has 3 rings (SSSR count). The predicted octanol–water partition coefficient (Wildman–Crippen LogP) is 5.84. The van der Waals surface area contributed by atoms with Crippen molar-refractivity contribution in [1.82, 2.24) is 0 Å². The first-order valence-corrected chi connectivity index (χ1v) is 9.74. The van der Waals surface area contributed by atoms with Crippen LogP contribution in [0.2, 0.25) is 0 Å². The molecule has 0 saturated heterocycles. The first kappa shape index (κ1) is 22.7. The summed E-state index contributed by atoms with van der Waals surface area (Å²) in [5.41, 5.74) is -2.84. The Morgan fingerprint density at radius 1 is 0.806 bits per heavy atom. The Hall–Kier alpha value is -3.03. The van der Waals surface area contributed by atoms with Crippen LogP contribution >= 0.6 is 0 Å². The van der Waals surface area contributed by atoms with Crippen molar-refractivity contribution < 1.29 is 32.5 Å². The Morgan fingerprint density at radius 3 is 2.13 bits per heavy atom. The van der Waals surface area contributed by atoms with Gasteiger partial charge in [-0.1, -0.05) is 42.5 Å². The zero-order chi connectivity index (χ0) is 22.3. The number of alkyl halides is 3. The molecule has 0 fully saturated rings. The standard InChI is InChI=1S/C24H23F3O4/c1-2-30-20-13-11-19(12-14-20)23(28,24(25,26)27)17-29-16-18-7-6-10-22(15-18)31-21-8-4-3-5-9-21/h3-15,28H,2,16-17H2,1H3. The lowest BCUT2D eigenvalue weighted by atomic mass is 9.94. The Balaban J connectivity index is 1.68. The quantitative estimate of drug-likeness (QED) is 0.461. The predicted molar refractivity (Wildman–Crippen MR) is 110 cm³/mol. The largest absolute Gasteiger partial charge is 0.494 e. The van der Waals surface area contributed by atoms with Gasteiger partial charge in [-0.3, -0.25) is 0 Å². The van der Waals surface area contributed by atoms with Crippen LogP contribution in [0.25, 0.3) is 0 Å². The van der Waals surface area contributed by atoms with Gasteiger partial charge in [0.1, 0.15) is 17.2 Å². The van der Waals surface area contributed by atoms with Gasteiger partial charge in [-0.05, 0) is 54.4 Å². The number of benzene rings is 3. The molecule has 0 aliphatic rings. The van der Waals surface area contributed by atoms with Crippen LogP contribution in [0.1, 0.15) is 18.1 Å². The summed E-state index contributed by atoms with van der Waals surface area (Å²) in [5.74, 6) is 1.60. The minimum atomic E-state index is -4.92. The molecule has 0 aliphatic carbocycles. The van der Waals surface area contributed by atoms with Gasteiger partial charge in [0.05, 0.1) is 19.8 Å². The number of para-hydroxylation sites is 1. The summed E-state index contributed by atoms with van der Waals surface area (Å²) in [4.78, 5) is 0. The lowest BCUT2D eigenvalue weighted by Crippen LogP contribution is -2.46. The molecule has 1 atom stereocenters. The van der Waals surface area contributed by atoms with E-state index >= 15 is 0 Å². The third-order valence-corrected chi connectivity index (χ3v) is 4.57. The Kier molecular flexibility index (Phi) is 7.20. The van der Waals surface area contributed by atoms with Crippen LogP contribution in [-0.2, 0) is 16.9 Å². The molecule has 0 saturated carbocycles. The van der Waals surface area contributed by atoms with E-state index in [2.05, 4.69) is 0 Å². The van der Waals surface area contributed by atoms with Gasteiger partial charge in [0.15, 0.2) is 0 Å². The van der Waals surface area contributed by atoms with Crippen molar-refractivity contribution in [3.63, 3.8) is 0 Å². The summed E-state index contributed by atoms with van der Waals surface area (Å²) in [6.45, 7) is 1.09. The van der Waals surface area contributed by atoms with Crippen LogP contribution in [0, 0.1) is 0 Å². The Labute approximate surface area is 178 Å². The van der Waals surface area contributed by atoms with Gasteiger partial charge < -0.3 is 19.3 Å². The number of halogens is 3. The van der Waals surface area contributed by atoms with Crippen LogP contribution < -0.4 is 9.47 Å². The molecule has 0 heterocycles. The zero-order valence-electron chi connectivity index (χ0n) is 16.9. The first-order valence-electron chi connectivity index (χ1n) is 9.74. The molecule has 0 bridgehead atoms. The maximum absolute atomic E-state index is 13.7. The van der Waals surface area contributed by atoms with E-state index in [4.69, 9.17) is 14.2 Å². The molecule has 0 spiro atoms. The average molecular weight is 432 g/mol. The van der Waals surface area contributed by atoms with E-state index in [1.54, 1.807) is 43.3 Å². The second kappa shape index (κ2) is 9.85. The summed E-state index contributed by atoms with van der Waals surface area (Å²) < 4.78 is 57.3. The highest BCUT2D eigenvalue weighted by Gasteiger charge is 2.55. The van der Waals surface area contributed by atoms with Gasteiger partial charge in [0, 0.05) is 0 Å². The van der Waals surface area contributed by atoms with Gasteiger partial charge in [-0.25, -0.2) is 0 Å². The summed E-state index contributed by atoms with van der Waals surface area (Å²) in [5, 5.41) is 10.5. The van der Waals surface area contributed by atoms with Crippen LogP contribution in [0.4, 0.5) is 13.2 Å². The first-order chi connectivity index (χ1) is 14.8. The molecule has 3 aromatic carbocycles. The second-order valence-corrected chi connectivity index (χ2v) is 6.87. The maximum atomic E-state index is 13.7. The molecule has 1 N–H and O–H groups in total. The number of rotatable bonds is 9. The molecule has 0 aliphatic heterocycles. The molecular formula is C24H23F3O4. The van der Waals surface area contributed by atoms with Crippen LogP contribution in [0.5, 0.6) is 17.2 Å². The summed E-state index contributed by atoms with van der Waals surface area (Å²) in [6, 6.07) is 21.1. The van der Waals surface area contributed by atoms with Crippen molar-refractivity contribution in [2.45, 2.75) is 25.3 Å². The van der Waals surface area contributed by atoms with Gasteiger partial charge in [0.2, 0.25) is 5.60 Å². The lowest BCUT2D eigenvalue weighted by Gasteiger charge is -2.30. The number of hydrogen-bond donors (Lipinski definition) is 1. The van der Waals surface area contributed by atoms with Gasteiger partial charge in [0.25, 0.3) is 0 Å². The molecule has 0 radical (unpaired) electrons. The highest BCUT2D eigenvalue weighted by Crippen LogP contribution is 2.40. The van der Waals surface area contributed by atoms with Gasteiger partial charge >= 0.3 is 6.18 Å². The Morgan fingerprint density at radius 2 is 1.48 bits per heavy atom. The lowest BCUT2D eigenvalue weighted by molar-refractivity contribution is -0.283. The van der Waals surface area contributed by atoms with Crippen LogP contribution in [0.3, 0.4) is 0 Å². The van der Waals surface area contributed by atoms with Crippen molar-refractivity contribution >= 4 is 0 Å². The normalized spacial score (nSPS) is 13.5. The molecule has 4 nitrogen and oxygen atoms in total. The fourth-order valence-electron chi connectivity index (χ4n) is 2.96. The third-order valence-electron chi connectivity index (χ3n) is 4.57. The highest BCUT2D eigenvalue weighted by molar-refractivity contribution is 5.34. The van der Waals surface area contributed by atoms with E-state index in [9.17, 15) is 18.3 Å².